The molecule has 2 unspecified atom stereocenters. The summed E-state index contributed by atoms with van der Waals surface area (Å²) in [6.45, 7) is 2.64. The summed E-state index contributed by atoms with van der Waals surface area (Å²) in [5.74, 6) is -1.62. The summed E-state index contributed by atoms with van der Waals surface area (Å²) in [5, 5.41) is 19.0. The Balaban J connectivity index is 2.10. The molecule has 0 spiro atoms. The van der Waals surface area contributed by atoms with Crippen molar-refractivity contribution in [2.24, 2.45) is 5.92 Å². The van der Waals surface area contributed by atoms with Crippen LogP contribution in [0.1, 0.15) is 13.3 Å². The third-order valence-electron chi connectivity index (χ3n) is 3.19. The van der Waals surface area contributed by atoms with E-state index in [-0.39, 0.29) is 19.2 Å². The lowest BCUT2D eigenvalue weighted by atomic mass is 10.0. The van der Waals surface area contributed by atoms with Gasteiger partial charge in [-0.1, -0.05) is 6.92 Å². The van der Waals surface area contributed by atoms with E-state index in [0.717, 1.165) is 0 Å². The predicted octanol–water partition coefficient (Wildman–Crippen LogP) is 0.215. The normalized spacial score (nSPS) is 21.0. The molecule has 1 saturated heterocycles. The standard InChI is InChI=1S/C12H17N5O4/c1-2-5-17(9-7-21-6-8(9)10(18)19)12(20)15-11-13-3-4-14-16-11/h3-4,8-9H,2,5-7H2,1H3,(H,18,19)(H,13,15,16,20). The predicted molar refractivity (Wildman–Crippen MR) is 71.6 cm³/mol. The van der Waals surface area contributed by atoms with Crippen molar-refractivity contribution in [3.05, 3.63) is 12.4 Å². The van der Waals surface area contributed by atoms with Gasteiger partial charge in [0.2, 0.25) is 0 Å². The fourth-order valence-electron chi connectivity index (χ4n) is 2.22. The fourth-order valence-corrected chi connectivity index (χ4v) is 2.22. The molecule has 0 saturated carbocycles. The van der Waals surface area contributed by atoms with E-state index in [1.54, 1.807) is 0 Å². The van der Waals surface area contributed by atoms with Gasteiger partial charge in [-0.05, 0) is 6.42 Å². The molecule has 114 valence electrons. The number of aromatic nitrogens is 3. The highest BCUT2D eigenvalue weighted by molar-refractivity contribution is 5.88. The summed E-state index contributed by atoms with van der Waals surface area (Å²) in [7, 11) is 0. The third-order valence-corrected chi connectivity index (χ3v) is 3.19. The van der Waals surface area contributed by atoms with Gasteiger partial charge in [0, 0.05) is 6.54 Å². The van der Waals surface area contributed by atoms with E-state index in [9.17, 15) is 14.7 Å². The number of ether oxygens (including phenoxy) is 1. The van der Waals surface area contributed by atoms with Gasteiger partial charge in [-0.15, -0.1) is 5.10 Å². The number of anilines is 1. The number of hydrogen-bond acceptors (Lipinski definition) is 6. The van der Waals surface area contributed by atoms with Crippen molar-refractivity contribution < 1.29 is 19.4 Å². The molecule has 2 rings (SSSR count). The molecule has 2 heterocycles. The molecule has 9 heteroatoms. The highest BCUT2D eigenvalue weighted by Crippen LogP contribution is 2.21. The van der Waals surface area contributed by atoms with Gasteiger partial charge >= 0.3 is 12.0 Å². The first-order chi connectivity index (χ1) is 10.1. The molecule has 0 aromatic carbocycles. The number of carboxylic acids is 1. The average Bonchev–Trinajstić information content (AvgIpc) is 2.95. The molecule has 1 aromatic heterocycles. The van der Waals surface area contributed by atoms with Gasteiger partial charge in [0.05, 0.1) is 31.6 Å². The van der Waals surface area contributed by atoms with Gasteiger partial charge < -0.3 is 14.7 Å². The van der Waals surface area contributed by atoms with Crippen LogP contribution in [0.3, 0.4) is 0 Å². The van der Waals surface area contributed by atoms with Crippen molar-refractivity contribution in [1.82, 2.24) is 20.1 Å². The van der Waals surface area contributed by atoms with Crippen molar-refractivity contribution in [2.45, 2.75) is 19.4 Å². The number of carbonyl (C=O) groups is 2. The van der Waals surface area contributed by atoms with Crippen LogP contribution in [-0.4, -0.2) is 63.0 Å². The lowest BCUT2D eigenvalue weighted by molar-refractivity contribution is -0.142. The van der Waals surface area contributed by atoms with Crippen LogP contribution in [0.5, 0.6) is 0 Å². The van der Waals surface area contributed by atoms with Gasteiger partial charge in [0.25, 0.3) is 5.95 Å². The zero-order valence-corrected chi connectivity index (χ0v) is 11.6. The highest BCUT2D eigenvalue weighted by Gasteiger charge is 2.39. The topological polar surface area (TPSA) is 118 Å². The zero-order chi connectivity index (χ0) is 15.2. The molecular weight excluding hydrogens is 278 g/mol. The maximum atomic E-state index is 12.3. The van der Waals surface area contributed by atoms with E-state index in [0.29, 0.717) is 13.0 Å². The summed E-state index contributed by atoms with van der Waals surface area (Å²) in [4.78, 5) is 28.9. The first kappa shape index (κ1) is 15.1. The molecule has 2 amide bonds. The molecule has 1 aliphatic rings. The van der Waals surface area contributed by atoms with Gasteiger partial charge in [-0.2, -0.15) is 5.10 Å². The molecule has 2 atom stereocenters. The number of rotatable bonds is 5. The largest absolute Gasteiger partial charge is 0.481 e. The van der Waals surface area contributed by atoms with Crippen LogP contribution in [0, 0.1) is 5.92 Å². The Morgan fingerprint density at radius 3 is 2.90 bits per heavy atom. The van der Waals surface area contributed by atoms with E-state index in [4.69, 9.17) is 4.74 Å². The SMILES string of the molecule is CCCN(C(=O)Nc1nccnn1)C1COCC1C(=O)O. The lowest BCUT2D eigenvalue weighted by Crippen LogP contribution is -2.48. The van der Waals surface area contributed by atoms with Crippen molar-refractivity contribution >= 4 is 17.9 Å². The molecule has 1 aromatic rings. The van der Waals surface area contributed by atoms with E-state index in [1.165, 1.54) is 17.3 Å². The first-order valence-corrected chi connectivity index (χ1v) is 6.65. The Labute approximate surface area is 121 Å². The minimum absolute atomic E-state index is 0.0781. The van der Waals surface area contributed by atoms with Crippen LogP contribution in [0.4, 0.5) is 10.7 Å². The minimum atomic E-state index is -0.968. The summed E-state index contributed by atoms with van der Waals surface area (Å²) >= 11 is 0. The molecule has 0 bridgehead atoms. The van der Waals surface area contributed by atoms with Gasteiger partial charge in [-0.25, -0.2) is 9.78 Å². The quantitative estimate of drug-likeness (QED) is 0.797. The smallest absolute Gasteiger partial charge is 0.324 e. The number of carbonyl (C=O) groups excluding carboxylic acids is 1. The molecule has 9 nitrogen and oxygen atoms in total. The number of urea groups is 1. The second kappa shape index (κ2) is 6.93. The Morgan fingerprint density at radius 2 is 2.29 bits per heavy atom. The number of nitrogens with zero attached hydrogens (tertiary/aromatic N) is 4. The molecule has 21 heavy (non-hydrogen) atoms. The molecular formula is C12H17N5O4. The van der Waals surface area contributed by atoms with Crippen LogP contribution < -0.4 is 5.32 Å². The monoisotopic (exact) mass is 295 g/mol. The van der Waals surface area contributed by atoms with E-state index in [1.807, 2.05) is 6.92 Å². The Bertz CT molecular complexity index is 498. The van der Waals surface area contributed by atoms with Crippen molar-refractivity contribution in [3.8, 4) is 0 Å². The number of hydrogen-bond donors (Lipinski definition) is 2. The Kier molecular flexibility index (Phi) is 4.99. The molecule has 2 N–H and O–H groups in total. The Morgan fingerprint density at radius 1 is 1.48 bits per heavy atom. The van der Waals surface area contributed by atoms with Crippen LogP contribution in [0.15, 0.2) is 12.4 Å². The van der Waals surface area contributed by atoms with E-state index in [2.05, 4.69) is 20.5 Å². The van der Waals surface area contributed by atoms with Crippen LogP contribution >= 0.6 is 0 Å². The molecule has 1 aliphatic heterocycles. The lowest BCUT2D eigenvalue weighted by Gasteiger charge is -2.29. The number of amides is 2. The van der Waals surface area contributed by atoms with Crippen molar-refractivity contribution in [1.29, 1.82) is 0 Å². The summed E-state index contributed by atoms with van der Waals surface area (Å²) in [6, 6.07) is -0.953. The number of aliphatic carboxylic acids is 1. The maximum absolute atomic E-state index is 12.3. The Hall–Kier alpha value is -2.29. The van der Waals surface area contributed by atoms with Gasteiger partial charge in [-0.3, -0.25) is 10.1 Å². The first-order valence-electron chi connectivity index (χ1n) is 6.65. The second-order valence-corrected chi connectivity index (χ2v) is 4.64. The van der Waals surface area contributed by atoms with Crippen LogP contribution in [0.2, 0.25) is 0 Å². The summed E-state index contributed by atoms with van der Waals surface area (Å²) < 4.78 is 5.21. The van der Waals surface area contributed by atoms with E-state index >= 15 is 0 Å². The van der Waals surface area contributed by atoms with Crippen LogP contribution in [-0.2, 0) is 9.53 Å². The zero-order valence-electron chi connectivity index (χ0n) is 11.6. The summed E-state index contributed by atoms with van der Waals surface area (Å²) in [6.07, 6.45) is 3.50. The van der Waals surface area contributed by atoms with Crippen molar-refractivity contribution in [2.75, 3.05) is 25.1 Å². The fraction of sp³-hybridized carbons (Fsp3) is 0.583. The third kappa shape index (κ3) is 3.63. The highest BCUT2D eigenvalue weighted by atomic mass is 16.5. The van der Waals surface area contributed by atoms with Gasteiger partial charge in [0.15, 0.2) is 0 Å². The number of carboxylic acid groups (broad SMARTS) is 1. The number of nitrogens with one attached hydrogen (secondary N) is 1. The minimum Gasteiger partial charge on any atom is -0.481 e. The van der Waals surface area contributed by atoms with Crippen LogP contribution in [0.25, 0.3) is 0 Å². The summed E-state index contributed by atoms with van der Waals surface area (Å²) in [5.41, 5.74) is 0. The molecule has 0 radical (unpaired) electrons. The average molecular weight is 295 g/mol. The second-order valence-electron chi connectivity index (χ2n) is 4.64. The maximum Gasteiger partial charge on any atom is 0.324 e. The van der Waals surface area contributed by atoms with Crippen molar-refractivity contribution in [3.63, 3.8) is 0 Å². The molecule has 0 aliphatic carbocycles. The van der Waals surface area contributed by atoms with E-state index < -0.39 is 24.0 Å². The van der Waals surface area contributed by atoms with Gasteiger partial charge in [0.1, 0.15) is 5.92 Å². The molecule has 1 fully saturated rings.